The van der Waals surface area contributed by atoms with Crippen molar-refractivity contribution in [3.63, 3.8) is 0 Å². The lowest BCUT2D eigenvalue weighted by Crippen LogP contribution is -2.55. The Kier molecular flexibility index (Phi) is 10.3. The Balaban J connectivity index is 1.06. The van der Waals surface area contributed by atoms with Crippen LogP contribution in [-0.2, 0) is 16.1 Å². The van der Waals surface area contributed by atoms with Crippen molar-refractivity contribution in [3.05, 3.63) is 59.1 Å². The molecule has 0 unspecified atom stereocenters. The van der Waals surface area contributed by atoms with Crippen molar-refractivity contribution in [1.82, 2.24) is 20.0 Å². The lowest BCUT2D eigenvalue weighted by molar-refractivity contribution is -0.140. The van der Waals surface area contributed by atoms with Crippen molar-refractivity contribution in [2.45, 2.75) is 82.8 Å². The van der Waals surface area contributed by atoms with Gasteiger partial charge >= 0.3 is 12.1 Å². The molecule has 2 saturated heterocycles. The number of nitrogens with zero attached hydrogens (tertiary/aromatic N) is 3. The van der Waals surface area contributed by atoms with Crippen molar-refractivity contribution in [1.29, 1.82) is 0 Å². The fraction of sp³-hybridized carbons (Fsp3) is 0.543. The number of anilines is 2. The number of hydrogen-bond donors (Lipinski definition) is 3. The molecular formula is C35H45ClN6O4. The molecule has 3 aliphatic heterocycles. The Labute approximate surface area is 276 Å². The number of hydrogen-bond acceptors (Lipinski definition) is 4. The summed E-state index contributed by atoms with van der Waals surface area (Å²) in [7, 11) is 0. The van der Waals surface area contributed by atoms with E-state index < -0.39 is 12.1 Å². The lowest BCUT2D eigenvalue weighted by Gasteiger charge is -2.41. The van der Waals surface area contributed by atoms with E-state index in [4.69, 9.17) is 11.6 Å². The van der Waals surface area contributed by atoms with Gasteiger partial charge in [-0.3, -0.25) is 9.59 Å². The molecule has 0 aromatic heterocycles. The summed E-state index contributed by atoms with van der Waals surface area (Å²) in [6, 6.07) is 12.9. The van der Waals surface area contributed by atoms with E-state index in [-0.39, 0.29) is 30.3 Å². The van der Waals surface area contributed by atoms with E-state index in [1.54, 1.807) is 29.2 Å². The highest BCUT2D eigenvalue weighted by Gasteiger charge is 2.36. The van der Waals surface area contributed by atoms with Crippen molar-refractivity contribution < 1.29 is 19.2 Å². The third-order valence-corrected chi connectivity index (χ3v) is 10.6. The average Bonchev–Trinajstić information content (AvgIpc) is 3.09. The van der Waals surface area contributed by atoms with Gasteiger partial charge in [-0.1, -0.05) is 61.9 Å². The number of piperidine rings is 2. The number of likely N-dealkylation sites (tertiary alicyclic amines) is 2. The summed E-state index contributed by atoms with van der Waals surface area (Å²) >= 11 is 5.99. The molecule has 3 N–H and O–H groups in total. The van der Waals surface area contributed by atoms with Crippen LogP contribution in [0.15, 0.2) is 48.5 Å². The van der Waals surface area contributed by atoms with Crippen molar-refractivity contribution in [3.8, 4) is 0 Å². The number of fused-ring (bicyclic) bond motifs is 1. The Bertz CT molecular complexity index is 1400. The molecule has 6 rings (SSSR count). The molecule has 2 aromatic carbocycles. The number of rotatable bonds is 7. The third kappa shape index (κ3) is 7.77. The first-order chi connectivity index (χ1) is 22.3. The molecule has 6 amide bonds. The maximum Gasteiger partial charge on any atom is 0.322 e. The second-order valence-corrected chi connectivity index (χ2v) is 13.7. The fourth-order valence-corrected chi connectivity index (χ4v) is 7.85. The summed E-state index contributed by atoms with van der Waals surface area (Å²) in [6.45, 7) is 2.82. The van der Waals surface area contributed by atoms with Gasteiger partial charge in [-0.25, -0.2) is 9.59 Å². The van der Waals surface area contributed by atoms with Gasteiger partial charge in [0.05, 0.1) is 6.42 Å². The second kappa shape index (κ2) is 14.8. The molecule has 10 nitrogen and oxygen atoms in total. The largest absolute Gasteiger partial charge is 0.342 e. The number of amides is 6. The highest BCUT2D eigenvalue weighted by atomic mass is 35.5. The predicted octanol–water partition coefficient (Wildman–Crippen LogP) is 6.08. The minimum absolute atomic E-state index is 0.0172. The van der Waals surface area contributed by atoms with Gasteiger partial charge in [0.1, 0.15) is 6.04 Å². The number of nitrogens with one attached hydrogen (secondary N) is 3. The minimum atomic E-state index is -0.979. The standard InChI is InChI=1S/C35H45ClN6O4/c36-27-10-12-28(13-11-27)37-34(45)38-31(33(44)41-18-14-25(15-19-41)24-6-2-1-3-7-24)22-32(43)40-20-16-29(17-21-40)42-23-26-8-4-5-9-30(26)39-35(42)46/h4-5,8-13,24-25,29,31H,1-3,6-7,14-23H2,(H,39,46)(H2,37,38,45)/t31-/m0/s1. The predicted molar refractivity (Wildman–Crippen MR) is 178 cm³/mol. The first kappa shape index (κ1) is 32.2. The molecule has 1 aliphatic carbocycles. The van der Waals surface area contributed by atoms with Gasteiger partial charge in [0.2, 0.25) is 11.8 Å². The molecular weight excluding hydrogens is 604 g/mol. The van der Waals surface area contributed by atoms with E-state index in [1.807, 2.05) is 34.1 Å². The van der Waals surface area contributed by atoms with Crippen LogP contribution in [-0.4, -0.2) is 76.8 Å². The normalized spacial score (nSPS) is 20.5. The summed E-state index contributed by atoms with van der Waals surface area (Å²) in [5, 5.41) is 9.11. The van der Waals surface area contributed by atoms with E-state index in [0.29, 0.717) is 62.2 Å². The topological polar surface area (TPSA) is 114 Å². The molecule has 0 spiro atoms. The van der Waals surface area contributed by atoms with Crippen molar-refractivity contribution in [2.24, 2.45) is 11.8 Å². The molecule has 11 heteroatoms. The number of urea groups is 2. The summed E-state index contributed by atoms with van der Waals surface area (Å²) < 4.78 is 0. The Morgan fingerprint density at radius 2 is 1.48 bits per heavy atom. The average molecular weight is 649 g/mol. The number of benzene rings is 2. The van der Waals surface area contributed by atoms with Gasteiger partial charge in [0.25, 0.3) is 0 Å². The molecule has 3 heterocycles. The number of carbonyl (C=O) groups excluding carboxylic acids is 4. The molecule has 0 bridgehead atoms. The second-order valence-electron chi connectivity index (χ2n) is 13.3. The van der Waals surface area contributed by atoms with Crippen molar-refractivity contribution in [2.75, 3.05) is 36.8 Å². The van der Waals surface area contributed by atoms with Crippen LogP contribution in [0.2, 0.25) is 5.02 Å². The zero-order chi connectivity index (χ0) is 32.0. The van der Waals surface area contributed by atoms with Gasteiger partial charge in [-0.15, -0.1) is 0 Å². The fourth-order valence-electron chi connectivity index (χ4n) is 7.72. The van der Waals surface area contributed by atoms with Crippen LogP contribution in [0, 0.1) is 11.8 Å². The zero-order valence-electron chi connectivity index (χ0n) is 26.4. The molecule has 1 saturated carbocycles. The number of carbonyl (C=O) groups is 4. The van der Waals surface area contributed by atoms with Gasteiger partial charge < -0.3 is 30.7 Å². The monoisotopic (exact) mass is 648 g/mol. The summed E-state index contributed by atoms with van der Waals surface area (Å²) in [4.78, 5) is 58.8. The van der Waals surface area contributed by atoms with E-state index >= 15 is 0 Å². The first-order valence-corrected chi connectivity index (χ1v) is 17.3. The van der Waals surface area contributed by atoms with Crippen molar-refractivity contribution >= 4 is 46.9 Å². The van der Waals surface area contributed by atoms with Crippen LogP contribution in [0.25, 0.3) is 0 Å². The summed E-state index contributed by atoms with van der Waals surface area (Å²) in [5.41, 5.74) is 2.46. The zero-order valence-corrected chi connectivity index (χ0v) is 27.1. The third-order valence-electron chi connectivity index (χ3n) is 10.4. The SMILES string of the molecule is O=C(Nc1ccc(Cl)cc1)N[C@@H](CC(=O)N1CCC(N2Cc3ccccc3NC2=O)CC1)C(=O)N1CCC(C2CCCCC2)CC1. The highest BCUT2D eigenvalue weighted by molar-refractivity contribution is 6.30. The summed E-state index contributed by atoms with van der Waals surface area (Å²) in [5.74, 6) is 1.01. The minimum Gasteiger partial charge on any atom is -0.342 e. The summed E-state index contributed by atoms with van der Waals surface area (Å²) in [6.07, 6.45) is 9.63. The number of halogens is 1. The smallest absolute Gasteiger partial charge is 0.322 e. The van der Waals surface area contributed by atoms with Crippen LogP contribution in [0.3, 0.4) is 0 Å². The molecule has 246 valence electrons. The van der Waals surface area contributed by atoms with Gasteiger partial charge in [0.15, 0.2) is 0 Å². The highest BCUT2D eigenvalue weighted by Crippen LogP contribution is 2.36. The molecule has 0 radical (unpaired) electrons. The van der Waals surface area contributed by atoms with E-state index in [9.17, 15) is 19.2 Å². The van der Waals surface area contributed by atoms with Gasteiger partial charge in [0, 0.05) is 55.2 Å². The molecule has 1 atom stereocenters. The van der Waals surface area contributed by atoms with E-state index in [1.165, 1.54) is 32.1 Å². The quantitative estimate of drug-likeness (QED) is 0.338. The Morgan fingerprint density at radius 1 is 0.826 bits per heavy atom. The van der Waals surface area contributed by atoms with Crippen LogP contribution < -0.4 is 16.0 Å². The van der Waals surface area contributed by atoms with Crippen LogP contribution in [0.5, 0.6) is 0 Å². The van der Waals surface area contributed by atoms with Crippen LogP contribution in [0.1, 0.15) is 69.8 Å². The van der Waals surface area contributed by atoms with E-state index in [2.05, 4.69) is 16.0 Å². The van der Waals surface area contributed by atoms with Crippen LogP contribution >= 0.6 is 11.6 Å². The molecule has 3 fully saturated rings. The molecule has 46 heavy (non-hydrogen) atoms. The number of para-hydroxylation sites is 1. The Morgan fingerprint density at radius 3 is 2.20 bits per heavy atom. The van der Waals surface area contributed by atoms with Gasteiger partial charge in [-0.05, 0) is 73.4 Å². The maximum absolute atomic E-state index is 13.9. The van der Waals surface area contributed by atoms with E-state index in [0.717, 1.165) is 30.0 Å². The maximum atomic E-state index is 13.9. The first-order valence-electron chi connectivity index (χ1n) is 16.9. The Hall–Kier alpha value is -3.79. The lowest BCUT2D eigenvalue weighted by atomic mass is 9.76. The van der Waals surface area contributed by atoms with Crippen LogP contribution in [0.4, 0.5) is 21.0 Å². The molecule has 2 aromatic rings. The molecule has 4 aliphatic rings. The van der Waals surface area contributed by atoms with Gasteiger partial charge in [-0.2, -0.15) is 0 Å².